The Morgan fingerprint density at radius 1 is 1.04 bits per heavy atom. The van der Waals surface area contributed by atoms with Gasteiger partial charge < -0.3 is 13.9 Å². The zero-order chi connectivity index (χ0) is 16.2. The van der Waals surface area contributed by atoms with Gasteiger partial charge >= 0.3 is 7.12 Å². The number of imidazole rings is 1. The Morgan fingerprint density at radius 3 is 2.22 bits per heavy atom. The van der Waals surface area contributed by atoms with E-state index in [4.69, 9.17) is 9.31 Å². The number of aromatic nitrogens is 2. The van der Waals surface area contributed by atoms with Crippen molar-refractivity contribution in [2.24, 2.45) is 0 Å². The van der Waals surface area contributed by atoms with Gasteiger partial charge in [-0.25, -0.2) is 4.98 Å². The van der Waals surface area contributed by atoms with Gasteiger partial charge in [0.05, 0.1) is 23.2 Å². The van der Waals surface area contributed by atoms with E-state index in [1.807, 2.05) is 6.33 Å². The molecule has 0 amide bonds. The van der Waals surface area contributed by atoms with Gasteiger partial charge in [0.25, 0.3) is 0 Å². The summed E-state index contributed by atoms with van der Waals surface area (Å²) >= 11 is 0. The molecular weight excluding hydrogens is 287 g/mol. The molecule has 120 valence electrons. The number of hydrogen-bond acceptors (Lipinski definition) is 3. The van der Waals surface area contributed by atoms with Crippen molar-refractivity contribution >= 4 is 12.6 Å². The minimum Gasteiger partial charge on any atom is -0.399 e. The smallest absolute Gasteiger partial charge is 0.399 e. The highest BCUT2D eigenvalue weighted by Gasteiger charge is 2.51. The van der Waals surface area contributed by atoms with Crippen LogP contribution in [0.1, 0.15) is 52.1 Å². The fourth-order valence-corrected chi connectivity index (χ4v) is 2.85. The standard InChI is InChI=1S/C18H23BN2O2/c1-17(2)18(3,4)23-19(22-17)14-7-9-15(10-8-14)21-11-16(20-12-21)13-5-6-13/h7-13H,5-6H2,1-4H3. The molecule has 23 heavy (non-hydrogen) atoms. The van der Waals surface area contributed by atoms with Gasteiger partial charge in [-0.3, -0.25) is 0 Å². The Bertz CT molecular complexity index is 701. The Morgan fingerprint density at radius 2 is 1.65 bits per heavy atom. The first-order valence-electron chi connectivity index (χ1n) is 8.36. The summed E-state index contributed by atoms with van der Waals surface area (Å²) in [6.07, 6.45) is 6.59. The normalized spacial score (nSPS) is 22.5. The van der Waals surface area contributed by atoms with E-state index < -0.39 is 0 Å². The van der Waals surface area contributed by atoms with Crippen LogP contribution < -0.4 is 5.46 Å². The molecule has 0 spiro atoms. The van der Waals surface area contributed by atoms with E-state index in [0.29, 0.717) is 5.92 Å². The summed E-state index contributed by atoms with van der Waals surface area (Å²) in [5.41, 5.74) is 2.76. The van der Waals surface area contributed by atoms with Crippen molar-refractivity contribution in [2.75, 3.05) is 0 Å². The highest BCUT2D eigenvalue weighted by Crippen LogP contribution is 2.39. The number of rotatable bonds is 3. The van der Waals surface area contributed by atoms with Crippen LogP contribution in [0.3, 0.4) is 0 Å². The van der Waals surface area contributed by atoms with Gasteiger partial charge in [0.2, 0.25) is 0 Å². The molecule has 2 fully saturated rings. The maximum absolute atomic E-state index is 6.10. The fourth-order valence-electron chi connectivity index (χ4n) is 2.85. The lowest BCUT2D eigenvalue weighted by Gasteiger charge is -2.32. The van der Waals surface area contributed by atoms with Crippen molar-refractivity contribution < 1.29 is 9.31 Å². The third-order valence-corrected chi connectivity index (χ3v) is 5.31. The average Bonchev–Trinajstić information content (AvgIpc) is 3.18. The quantitative estimate of drug-likeness (QED) is 0.818. The van der Waals surface area contributed by atoms with Crippen molar-refractivity contribution in [3.8, 4) is 5.69 Å². The number of hydrogen-bond donors (Lipinski definition) is 0. The minimum atomic E-state index is -0.307. The molecule has 0 unspecified atom stereocenters. The SMILES string of the molecule is CC1(C)OB(c2ccc(-n3cnc(C4CC4)c3)cc2)OC1(C)C. The van der Waals surface area contributed by atoms with Crippen LogP contribution in [0.5, 0.6) is 0 Å². The highest BCUT2D eigenvalue weighted by molar-refractivity contribution is 6.62. The zero-order valence-electron chi connectivity index (χ0n) is 14.2. The summed E-state index contributed by atoms with van der Waals surface area (Å²) in [5, 5.41) is 0. The molecule has 1 aliphatic carbocycles. The molecule has 1 saturated heterocycles. The Hall–Kier alpha value is -1.59. The van der Waals surface area contributed by atoms with Crippen LogP contribution in [0, 0.1) is 0 Å². The van der Waals surface area contributed by atoms with Crippen molar-refractivity contribution in [1.82, 2.24) is 9.55 Å². The van der Waals surface area contributed by atoms with Crippen LogP contribution in [0.4, 0.5) is 0 Å². The van der Waals surface area contributed by atoms with Crippen molar-refractivity contribution in [3.63, 3.8) is 0 Å². The van der Waals surface area contributed by atoms with E-state index in [2.05, 4.69) is 67.7 Å². The summed E-state index contributed by atoms with van der Waals surface area (Å²) in [5.74, 6) is 0.681. The third-order valence-electron chi connectivity index (χ3n) is 5.31. The molecule has 2 aromatic rings. The first kappa shape index (κ1) is 15.0. The number of benzene rings is 1. The Kier molecular flexibility index (Phi) is 3.22. The predicted molar refractivity (Wildman–Crippen MR) is 91.3 cm³/mol. The summed E-state index contributed by atoms with van der Waals surface area (Å²) < 4.78 is 14.3. The van der Waals surface area contributed by atoms with E-state index in [0.717, 1.165) is 11.2 Å². The monoisotopic (exact) mass is 310 g/mol. The fraction of sp³-hybridized carbons (Fsp3) is 0.500. The van der Waals surface area contributed by atoms with Crippen molar-refractivity contribution in [3.05, 3.63) is 42.5 Å². The lowest BCUT2D eigenvalue weighted by Crippen LogP contribution is -2.41. The van der Waals surface area contributed by atoms with Crippen LogP contribution in [-0.4, -0.2) is 27.9 Å². The van der Waals surface area contributed by atoms with Crippen LogP contribution in [0.2, 0.25) is 0 Å². The molecule has 0 N–H and O–H groups in total. The molecule has 2 aliphatic rings. The second kappa shape index (κ2) is 4.95. The minimum absolute atomic E-state index is 0.306. The van der Waals surface area contributed by atoms with Gasteiger partial charge in [-0.2, -0.15) is 0 Å². The molecule has 1 aromatic heterocycles. The Labute approximate surface area is 138 Å². The summed E-state index contributed by atoms with van der Waals surface area (Å²) in [7, 11) is -0.307. The van der Waals surface area contributed by atoms with E-state index in [1.54, 1.807) is 0 Å². The first-order chi connectivity index (χ1) is 10.9. The largest absolute Gasteiger partial charge is 0.494 e. The lowest BCUT2D eigenvalue weighted by molar-refractivity contribution is 0.00578. The number of nitrogens with zero attached hydrogens (tertiary/aromatic N) is 2. The highest BCUT2D eigenvalue weighted by atomic mass is 16.7. The molecule has 1 aliphatic heterocycles. The summed E-state index contributed by atoms with van der Waals surface area (Å²) in [6.45, 7) is 8.30. The molecule has 4 rings (SSSR count). The van der Waals surface area contributed by atoms with Gasteiger partial charge in [-0.1, -0.05) is 12.1 Å². The van der Waals surface area contributed by atoms with Gasteiger partial charge in [0.1, 0.15) is 0 Å². The first-order valence-corrected chi connectivity index (χ1v) is 8.36. The van der Waals surface area contributed by atoms with Crippen LogP contribution in [0.15, 0.2) is 36.8 Å². The molecule has 5 heteroatoms. The van der Waals surface area contributed by atoms with Gasteiger partial charge in [0, 0.05) is 17.8 Å². The third kappa shape index (κ3) is 2.62. The molecule has 1 saturated carbocycles. The second-order valence-corrected chi connectivity index (χ2v) is 7.66. The van der Waals surface area contributed by atoms with Crippen LogP contribution in [0.25, 0.3) is 5.69 Å². The molecule has 0 radical (unpaired) electrons. The second-order valence-electron chi connectivity index (χ2n) is 7.66. The van der Waals surface area contributed by atoms with Gasteiger partial charge in [0.15, 0.2) is 0 Å². The van der Waals surface area contributed by atoms with Gasteiger partial charge in [-0.15, -0.1) is 0 Å². The molecule has 4 nitrogen and oxygen atoms in total. The maximum atomic E-state index is 6.10. The van der Waals surface area contributed by atoms with Crippen LogP contribution >= 0.6 is 0 Å². The van der Waals surface area contributed by atoms with Crippen molar-refractivity contribution in [1.29, 1.82) is 0 Å². The van der Waals surface area contributed by atoms with E-state index >= 15 is 0 Å². The predicted octanol–water partition coefficient (Wildman–Crippen LogP) is 3.05. The summed E-state index contributed by atoms with van der Waals surface area (Å²) in [6, 6.07) is 8.35. The van der Waals surface area contributed by atoms with E-state index in [-0.39, 0.29) is 18.3 Å². The zero-order valence-corrected chi connectivity index (χ0v) is 14.2. The topological polar surface area (TPSA) is 36.3 Å². The van der Waals surface area contributed by atoms with Gasteiger partial charge in [-0.05, 0) is 58.1 Å². The Balaban J connectivity index is 1.54. The maximum Gasteiger partial charge on any atom is 0.494 e. The van der Waals surface area contributed by atoms with Crippen LogP contribution in [-0.2, 0) is 9.31 Å². The lowest BCUT2D eigenvalue weighted by atomic mass is 9.79. The summed E-state index contributed by atoms with van der Waals surface area (Å²) in [4.78, 5) is 4.51. The molecule has 0 bridgehead atoms. The molecular formula is C18H23BN2O2. The van der Waals surface area contributed by atoms with Crippen molar-refractivity contribution in [2.45, 2.75) is 57.7 Å². The molecule has 0 atom stereocenters. The molecule has 1 aromatic carbocycles. The van der Waals surface area contributed by atoms with E-state index in [1.165, 1.54) is 18.5 Å². The van der Waals surface area contributed by atoms with E-state index in [9.17, 15) is 0 Å². The average molecular weight is 310 g/mol. The molecule has 2 heterocycles.